The van der Waals surface area contributed by atoms with Gasteiger partial charge in [-0.15, -0.1) is 0 Å². The van der Waals surface area contributed by atoms with Crippen LogP contribution in [0.2, 0.25) is 0 Å². The number of likely N-dealkylation sites (tertiary alicyclic amines) is 2. The van der Waals surface area contributed by atoms with Gasteiger partial charge in [0.2, 0.25) is 0 Å². The predicted octanol–water partition coefficient (Wildman–Crippen LogP) is 1.21. The number of carbonyl (C=O) groups is 1. The highest BCUT2D eigenvalue weighted by Crippen LogP contribution is 2.31. The van der Waals surface area contributed by atoms with E-state index in [2.05, 4.69) is 20.3 Å². The van der Waals surface area contributed by atoms with Gasteiger partial charge in [0.15, 0.2) is 11.6 Å². The third-order valence-electron chi connectivity index (χ3n) is 5.13. The molecule has 2 saturated heterocycles. The second-order valence-corrected chi connectivity index (χ2v) is 6.86. The Kier molecular flexibility index (Phi) is 4.46. The van der Waals surface area contributed by atoms with Crippen LogP contribution in [-0.4, -0.2) is 70.0 Å². The summed E-state index contributed by atoms with van der Waals surface area (Å²) in [7, 11) is 0. The first-order valence-corrected chi connectivity index (χ1v) is 8.75. The van der Waals surface area contributed by atoms with Crippen LogP contribution in [-0.2, 0) is 0 Å². The molecule has 2 atom stereocenters. The number of amides is 2. The molecule has 3 N–H and O–H groups in total. The number of nitrogens with two attached hydrogens (primary N) is 1. The van der Waals surface area contributed by atoms with Gasteiger partial charge in [0, 0.05) is 45.1 Å². The Bertz CT molecular complexity index is 767. The number of hydrogen-bond donors (Lipinski definition) is 2. The molecule has 2 aromatic heterocycles. The number of rotatable bonds is 4. The molecular weight excluding hydrogens is 337 g/mol. The molecular formula is C17H22FN7O. The molecule has 2 unspecified atom stereocenters. The van der Waals surface area contributed by atoms with Gasteiger partial charge < -0.3 is 15.5 Å². The van der Waals surface area contributed by atoms with Gasteiger partial charge in [-0.1, -0.05) is 0 Å². The standard InChI is InChI=1S/C17H22FN7O/c18-4-7-23-8-12-10-24(11-13(12)9-23)17(26)22-16-14(19)2-3-15(21-16)25-6-1-5-20-25/h1-3,5-6,12-13H,4,7-11,19H2,(H,21,22,26). The summed E-state index contributed by atoms with van der Waals surface area (Å²) in [6.45, 7) is 3.23. The maximum atomic E-state index is 12.6. The molecule has 8 nitrogen and oxygen atoms in total. The van der Waals surface area contributed by atoms with Crippen LogP contribution in [0, 0.1) is 11.8 Å². The average molecular weight is 359 g/mol. The molecule has 0 aliphatic carbocycles. The van der Waals surface area contributed by atoms with Crippen molar-refractivity contribution in [1.29, 1.82) is 0 Å². The zero-order valence-electron chi connectivity index (χ0n) is 14.4. The van der Waals surface area contributed by atoms with Crippen molar-refractivity contribution in [3.05, 3.63) is 30.6 Å². The minimum absolute atomic E-state index is 0.201. The van der Waals surface area contributed by atoms with Crippen molar-refractivity contribution in [2.45, 2.75) is 0 Å². The van der Waals surface area contributed by atoms with E-state index >= 15 is 0 Å². The Labute approximate surface area is 150 Å². The fourth-order valence-corrected chi connectivity index (χ4v) is 3.83. The summed E-state index contributed by atoms with van der Waals surface area (Å²) < 4.78 is 14.1. The normalized spacial score (nSPS) is 22.6. The summed E-state index contributed by atoms with van der Waals surface area (Å²) in [6, 6.07) is 5.05. The molecule has 2 aromatic rings. The number of pyridine rings is 1. The Hall–Kier alpha value is -2.68. The fraction of sp³-hybridized carbons (Fsp3) is 0.471. The molecule has 0 aromatic carbocycles. The van der Waals surface area contributed by atoms with E-state index in [0.29, 0.717) is 48.8 Å². The zero-order chi connectivity index (χ0) is 18.1. The molecule has 0 radical (unpaired) electrons. The van der Waals surface area contributed by atoms with E-state index in [-0.39, 0.29) is 12.7 Å². The Morgan fingerprint density at radius 3 is 2.69 bits per heavy atom. The Morgan fingerprint density at radius 2 is 2.04 bits per heavy atom. The number of nitrogen functional groups attached to an aromatic ring is 1. The topological polar surface area (TPSA) is 92.3 Å². The molecule has 0 bridgehead atoms. The van der Waals surface area contributed by atoms with Gasteiger partial charge in [-0.2, -0.15) is 5.10 Å². The highest BCUT2D eigenvalue weighted by Gasteiger charge is 2.41. The van der Waals surface area contributed by atoms with E-state index in [1.54, 1.807) is 40.2 Å². The highest BCUT2D eigenvalue weighted by atomic mass is 19.1. The van der Waals surface area contributed by atoms with Crippen molar-refractivity contribution in [2.24, 2.45) is 11.8 Å². The molecule has 2 aliphatic rings. The molecule has 2 aliphatic heterocycles. The second-order valence-electron chi connectivity index (χ2n) is 6.86. The van der Waals surface area contributed by atoms with Gasteiger partial charge in [0.05, 0.1) is 5.69 Å². The van der Waals surface area contributed by atoms with E-state index in [4.69, 9.17) is 5.73 Å². The van der Waals surface area contributed by atoms with Crippen LogP contribution in [0.4, 0.5) is 20.7 Å². The molecule has 4 rings (SSSR count). The van der Waals surface area contributed by atoms with Gasteiger partial charge in [-0.25, -0.2) is 18.9 Å². The van der Waals surface area contributed by atoms with Crippen LogP contribution in [0.15, 0.2) is 30.6 Å². The van der Waals surface area contributed by atoms with Gasteiger partial charge in [-0.05, 0) is 30.0 Å². The quantitative estimate of drug-likeness (QED) is 0.856. The van der Waals surface area contributed by atoms with Crippen LogP contribution >= 0.6 is 0 Å². The summed E-state index contributed by atoms with van der Waals surface area (Å²) >= 11 is 0. The largest absolute Gasteiger partial charge is 0.396 e. The number of nitrogens with zero attached hydrogens (tertiary/aromatic N) is 5. The smallest absolute Gasteiger partial charge is 0.323 e. The van der Waals surface area contributed by atoms with Crippen molar-refractivity contribution >= 4 is 17.5 Å². The highest BCUT2D eigenvalue weighted by molar-refractivity contribution is 5.91. The predicted molar refractivity (Wildman–Crippen MR) is 95.8 cm³/mol. The van der Waals surface area contributed by atoms with E-state index in [9.17, 15) is 9.18 Å². The summed E-state index contributed by atoms with van der Waals surface area (Å²) in [6.07, 6.45) is 3.43. The SMILES string of the molecule is Nc1ccc(-n2cccn2)nc1NC(=O)N1CC2CN(CCF)CC2C1. The lowest BCUT2D eigenvalue weighted by Crippen LogP contribution is -2.36. The van der Waals surface area contributed by atoms with Crippen molar-refractivity contribution in [1.82, 2.24) is 24.6 Å². The maximum absolute atomic E-state index is 12.6. The van der Waals surface area contributed by atoms with E-state index < -0.39 is 0 Å². The minimum atomic E-state index is -0.318. The van der Waals surface area contributed by atoms with Gasteiger partial charge in [-0.3, -0.25) is 5.32 Å². The Morgan fingerprint density at radius 1 is 1.27 bits per heavy atom. The van der Waals surface area contributed by atoms with Crippen LogP contribution in [0.1, 0.15) is 0 Å². The first-order chi connectivity index (χ1) is 12.6. The molecule has 2 amide bonds. The van der Waals surface area contributed by atoms with Gasteiger partial charge >= 0.3 is 6.03 Å². The lowest BCUT2D eigenvalue weighted by Gasteiger charge is -2.21. The van der Waals surface area contributed by atoms with Crippen molar-refractivity contribution in [3.8, 4) is 5.82 Å². The number of aromatic nitrogens is 3. The molecule has 4 heterocycles. The summed E-state index contributed by atoms with van der Waals surface area (Å²) in [4.78, 5) is 21.0. The lowest BCUT2D eigenvalue weighted by molar-refractivity contribution is 0.210. The molecule has 0 spiro atoms. The summed E-state index contributed by atoms with van der Waals surface area (Å²) in [5, 5.41) is 6.95. The second kappa shape index (κ2) is 6.91. The third kappa shape index (κ3) is 3.22. The van der Waals surface area contributed by atoms with Crippen LogP contribution in [0.25, 0.3) is 5.82 Å². The van der Waals surface area contributed by atoms with Crippen molar-refractivity contribution in [2.75, 3.05) is 50.4 Å². The monoisotopic (exact) mass is 359 g/mol. The number of nitrogens with one attached hydrogen (secondary N) is 1. The van der Waals surface area contributed by atoms with Crippen molar-refractivity contribution < 1.29 is 9.18 Å². The molecule has 9 heteroatoms. The lowest BCUT2D eigenvalue weighted by atomic mass is 10.0. The number of hydrogen-bond acceptors (Lipinski definition) is 5. The van der Waals surface area contributed by atoms with Crippen molar-refractivity contribution in [3.63, 3.8) is 0 Å². The van der Waals surface area contributed by atoms with Gasteiger partial charge in [0.1, 0.15) is 6.67 Å². The maximum Gasteiger partial charge on any atom is 0.323 e. The molecule has 26 heavy (non-hydrogen) atoms. The molecule has 2 fully saturated rings. The molecule has 0 saturated carbocycles. The van der Waals surface area contributed by atoms with E-state index in [0.717, 1.165) is 13.1 Å². The first-order valence-electron chi connectivity index (χ1n) is 8.75. The minimum Gasteiger partial charge on any atom is -0.396 e. The fourth-order valence-electron chi connectivity index (χ4n) is 3.83. The number of anilines is 2. The van der Waals surface area contributed by atoms with Crippen LogP contribution < -0.4 is 11.1 Å². The first kappa shape index (κ1) is 16.8. The third-order valence-corrected chi connectivity index (χ3v) is 5.13. The van der Waals surface area contributed by atoms with E-state index in [1.807, 2.05) is 0 Å². The van der Waals surface area contributed by atoms with Crippen LogP contribution in [0.5, 0.6) is 0 Å². The zero-order valence-corrected chi connectivity index (χ0v) is 14.4. The van der Waals surface area contributed by atoms with Crippen LogP contribution in [0.3, 0.4) is 0 Å². The average Bonchev–Trinajstić information content (AvgIpc) is 3.32. The Balaban J connectivity index is 1.41. The van der Waals surface area contributed by atoms with Gasteiger partial charge in [0.25, 0.3) is 0 Å². The number of alkyl halides is 1. The summed E-state index contributed by atoms with van der Waals surface area (Å²) in [5.41, 5.74) is 6.37. The summed E-state index contributed by atoms with van der Waals surface area (Å²) in [5.74, 6) is 1.74. The number of carbonyl (C=O) groups excluding carboxylic acids is 1. The number of urea groups is 1. The van der Waals surface area contributed by atoms with E-state index in [1.165, 1.54) is 0 Å². The number of fused-ring (bicyclic) bond motifs is 1. The number of halogens is 1. The molecule has 138 valence electrons.